The van der Waals surface area contributed by atoms with Crippen molar-refractivity contribution in [3.63, 3.8) is 0 Å². The Hall–Kier alpha value is -2.82. The molecular weight excluding hydrogens is 404 g/mol. The van der Waals surface area contributed by atoms with Crippen LogP contribution in [-0.2, 0) is 25.5 Å². The van der Waals surface area contributed by atoms with E-state index in [1.807, 2.05) is 18.4 Å². The van der Waals surface area contributed by atoms with E-state index in [1.165, 1.54) is 23.6 Å². The molecular formula is C27H36O5. The molecule has 0 amide bonds. The first-order valence-electron chi connectivity index (χ1n) is 11.4. The summed E-state index contributed by atoms with van der Waals surface area (Å²) < 4.78 is 15.5. The van der Waals surface area contributed by atoms with Gasteiger partial charge >= 0.3 is 11.9 Å². The van der Waals surface area contributed by atoms with E-state index in [0.29, 0.717) is 11.3 Å². The number of allylic oxidation sites excluding steroid dienone is 5. The Bertz CT molecular complexity index is 896. The maximum absolute atomic E-state index is 11.8. The number of cyclic esters (lactones) is 1. The summed E-state index contributed by atoms with van der Waals surface area (Å²) in [6, 6.07) is 2.02. The number of carbonyl (C=O) groups excluding carboxylic acids is 2. The van der Waals surface area contributed by atoms with Crippen molar-refractivity contribution in [1.29, 1.82) is 0 Å². The van der Waals surface area contributed by atoms with Crippen LogP contribution in [0.1, 0.15) is 78.7 Å². The van der Waals surface area contributed by atoms with E-state index in [9.17, 15) is 9.59 Å². The standard InChI is InChI=1S/C27H36O5/c1-19(9-6-10-20(2)12-8-14-24-15-16-30-18-24)11-7-13-21(3)17-25-26(31-23(5)28)22(4)27(29)32-25/h11-12,15-18,21H,6-10,13-14H2,1-5H3/b19-11-,20-12-,25-17-. The van der Waals surface area contributed by atoms with Gasteiger partial charge in [0.15, 0.2) is 11.5 Å². The molecule has 1 aromatic heterocycles. The number of rotatable bonds is 12. The van der Waals surface area contributed by atoms with E-state index in [1.54, 1.807) is 13.2 Å². The Morgan fingerprint density at radius 2 is 1.81 bits per heavy atom. The van der Waals surface area contributed by atoms with E-state index < -0.39 is 11.9 Å². The highest BCUT2D eigenvalue weighted by Gasteiger charge is 2.29. The van der Waals surface area contributed by atoms with Gasteiger partial charge in [-0.15, -0.1) is 0 Å². The van der Waals surface area contributed by atoms with E-state index in [4.69, 9.17) is 13.9 Å². The molecule has 0 saturated heterocycles. The zero-order valence-electron chi connectivity index (χ0n) is 20.0. The van der Waals surface area contributed by atoms with E-state index in [-0.39, 0.29) is 11.7 Å². The number of hydrogen-bond donors (Lipinski definition) is 0. The summed E-state index contributed by atoms with van der Waals surface area (Å²) in [5.74, 6) is -0.127. The van der Waals surface area contributed by atoms with Gasteiger partial charge < -0.3 is 13.9 Å². The van der Waals surface area contributed by atoms with Crippen LogP contribution in [0, 0.1) is 5.92 Å². The van der Waals surface area contributed by atoms with Gasteiger partial charge in [-0.25, -0.2) is 4.79 Å². The van der Waals surface area contributed by atoms with Gasteiger partial charge in [-0.1, -0.05) is 30.2 Å². The van der Waals surface area contributed by atoms with Crippen LogP contribution in [0.5, 0.6) is 0 Å². The third kappa shape index (κ3) is 8.74. The minimum Gasteiger partial charge on any atom is -0.472 e. The van der Waals surface area contributed by atoms with E-state index in [2.05, 4.69) is 32.9 Å². The molecule has 2 rings (SSSR count). The largest absolute Gasteiger partial charge is 0.472 e. The summed E-state index contributed by atoms with van der Waals surface area (Å²) in [7, 11) is 0. The minimum absolute atomic E-state index is 0.193. The van der Waals surface area contributed by atoms with Crippen LogP contribution in [0.4, 0.5) is 0 Å². The lowest BCUT2D eigenvalue weighted by molar-refractivity contribution is -0.137. The van der Waals surface area contributed by atoms with Crippen LogP contribution in [0.2, 0.25) is 0 Å². The van der Waals surface area contributed by atoms with Gasteiger partial charge in [0, 0.05) is 6.92 Å². The molecule has 0 aromatic carbocycles. The summed E-state index contributed by atoms with van der Waals surface area (Å²) in [6.45, 7) is 9.38. The van der Waals surface area contributed by atoms with Gasteiger partial charge in [-0.3, -0.25) is 4.79 Å². The Morgan fingerprint density at radius 3 is 2.44 bits per heavy atom. The van der Waals surface area contributed by atoms with Crippen molar-refractivity contribution >= 4 is 11.9 Å². The molecule has 1 unspecified atom stereocenters. The van der Waals surface area contributed by atoms with Gasteiger partial charge in [0.1, 0.15) is 0 Å². The summed E-state index contributed by atoms with van der Waals surface area (Å²) in [5, 5.41) is 0. The van der Waals surface area contributed by atoms with Crippen molar-refractivity contribution in [3.05, 3.63) is 70.6 Å². The third-order valence-corrected chi connectivity index (χ3v) is 5.52. The summed E-state index contributed by atoms with van der Waals surface area (Å²) in [5.41, 5.74) is 4.43. The molecule has 0 radical (unpaired) electrons. The van der Waals surface area contributed by atoms with Crippen molar-refractivity contribution in [2.75, 3.05) is 0 Å². The van der Waals surface area contributed by atoms with Gasteiger partial charge in [-0.2, -0.15) is 0 Å². The molecule has 2 heterocycles. The Morgan fingerprint density at radius 1 is 1.12 bits per heavy atom. The molecule has 0 fully saturated rings. The first-order chi connectivity index (χ1) is 15.3. The Balaban J connectivity index is 1.71. The van der Waals surface area contributed by atoms with Crippen LogP contribution in [0.25, 0.3) is 0 Å². The molecule has 1 aromatic rings. The second-order valence-electron chi connectivity index (χ2n) is 8.65. The SMILES string of the molecule is CC(=O)OC1=C(C)C(=O)O/C1=C\C(C)CC/C=C(/C)CCC/C(C)=C\CCc1ccoc1. The lowest BCUT2D eigenvalue weighted by atomic mass is 10.0. The Labute approximate surface area is 191 Å². The summed E-state index contributed by atoms with van der Waals surface area (Å²) in [6.07, 6.45) is 17.4. The van der Waals surface area contributed by atoms with Crippen molar-refractivity contribution in [3.8, 4) is 0 Å². The summed E-state index contributed by atoms with van der Waals surface area (Å²) in [4.78, 5) is 23.1. The average molecular weight is 441 g/mol. The number of esters is 2. The first kappa shape index (κ1) is 25.4. The third-order valence-electron chi connectivity index (χ3n) is 5.52. The van der Waals surface area contributed by atoms with E-state index >= 15 is 0 Å². The highest BCUT2D eigenvalue weighted by Crippen LogP contribution is 2.29. The molecule has 0 N–H and O–H groups in total. The zero-order chi connectivity index (χ0) is 23.5. The quantitative estimate of drug-likeness (QED) is 0.259. The van der Waals surface area contributed by atoms with Gasteiger partial charge in [0.2, 0.25) is 0 Å². The Kier molecular flexibility index (Phi) is 10.3. The molecule has 5 heteroatoms. The molecule has 0 spiro atoms. The molecule has 32 heavy (non-hydrogen) atoms. The number of hydrogen-bond acceptors (Lipinski definition) is 5. The lowest BCUT2D eigenvalue weighted by Gasteiger charge is -2.09. The smallest absolute Gasteiger partial charge is 0.343 e. The van der Waals surface area contributed by atoms with Crippen LogP contribution in [-0.4, -0.2) is 11.9 Å². The predicted octanol–water partition coefficient (Wildman–Crippen LogP) is 6.97. The average Bonchev–Trinajstić information content (AvgIpc) is 3.32. The van der Waals surface area contributed by atoms with Crippen LogP contribution in [0.3, 0.4) is 0 Å². The normalized spacial score (nSPS) is 17.2. The van der Waals surface area contributed by atoms with Crippen LogP contribution < -0.4 is 0 Å². The minimum atomic E-state index is -0.460. The molecule has 1 aliphatic heterocycles. The highest BCUT2D eigenvalue weighted by atomic mass is 16.6. The van der Waals surface area contributed by atoms with Gasteiger partial charge in [-0.05, 0) is 89.3 Å². The lowest BCUT2D eigenvalue weighted by Crippen LogP contribution is -2.02. The second-order valence-corrected chi connectivity index (χ2v) is 8.65. The number of furan rings is 1. The van der Waals surface area contributed by atoms with Crippen molar-refractivity contribution < 1.29 is 23.5 Å². The number of carbonyl (C=O) groups is 2. The first-order valence-corrected chi connectivity index (χ1v) is 11.4. The number of ether oxygens (including phenoxy) is 2. The monoisotopic (exact) mass is 440 g/mol. The predicted molar refractivity (Wildman–Crippen MR) is 125 cm³/mol. The van der Waals surface area contributed by atoms with Crippen LogP contribution >= 0.6 is 0 Å². The van der Waals surface area contributed by atoms with Crippen LogP contribution in [0.15, 0.2) is 69.5 Å². The molecule has 0 bridgehead atoms. The molecule has 1 aliphatic rings. The van der Waals surface area contributed by atoms with Gasteiger partial charge in [0.25, 0.3) is 0 Å². The maximum Gasteiger partial charge on any atom is 0.343 e. The van der Waals surface area contributed by atoms with Crippen molar-refractivity contribution in [2.24, 2.45) is 5.92 Å². The molecule has 5 nitrogen and oxygen atoms in total. The molecule has 1 atom stereocenters. The van der Waals surface area contributed by atoms with E-state index in [0.717, 1.165) is 44.9 Å². The molecule has 0 saturated carbocycles. The number of aryl methyl sites for hydroxylation is 1. The van der Waals surface area contributed by atoms with Crippen molar-refractivity contribution in [1.82, 2.24) is 0 Å². The fourth-order valence-corrected chi connectivity index (χ4v) is 3.59. The fourth-order valence-electron chi connectivity index (χ4n) is 3.59. The van der Waals surface area contributed by atoms with Gasteiger partial charge in [0.05, 0.1) is 18.1 Å². The molecule has 0 aliphatic carbocycles. The van der Waals surface area contributed by atoms with Crippen molar-refractivity contribution in [2.45, 2.75) is 79.6 Å². The fraction of sp³-hybridized carbons (Fsp3) is 0.481. The zero-order valence-corrected chi connectivity index (χ0v) is 20.0. The summed E-state index contributed by atoms with van der Waals surface area (Å²) >= 11 is 0. The topological polar surface area (TPSA) is 65.7 Å². The maximum atomic E-state index is 11.8. The second kappa shape index (κ2) is 12.9. The highest BCUT2D eigenvalue weighted by molar-refractivity contribution is 5.94. The molecule has 174 valence electrons.